The summed E-state index contributed by atoms with van der Waals surface area (Å²) in [5.41, 5.74) is 3.92. The highest BCUT2D eigenvalue weighted by Gasteiger charge is 2.69. The van der Waals surface area contributed by atoms with Gasteiger partial charge in [-0.1, -0.05) is 78.3 Å². The van der Waals surface area contributed by atoms with Gasteiger partial charge >= 0.3 is 5.97 Å². The number of allylic oxidation sites excluding steroid dienone is 2. The Labute approximate surface area is 238 Å². The molecule has 39 heavy (non-hydrogen) atoms. The van der Waals surface area contributed by atoms with E-state index >= 15 is 0 Å². The predicted octanol–water partition coefficient (Wildman–Crippen LogP) is 9.89. The lowest BCUT2D eigenvalue weighted by molar-refractivity contribution is -0.250. The van der Waals surface area contributed by atoms with Crippen LogP contribution in [0.4, 0.5) is 0 Å². The van der Waals surface area contributed by atoms with Crippen molar-refractivity contribution in [3.63, 3.8) is 0 Å². The Morgan fingerprint density at radius 2 is 1.54 bits per heavy atom. The molecule has 0 aliphatic heterocycles. The van der Waals surface area contributed by atoms with Crippen molar-refractivity contribution >= 4 is 5.97 Å². The lowest BCUT2D eigenvalue weighted by Crippen LogP contribution is -2.67. The van der Waals surface area contributed by atoms with Crippen LogP contribution in [0, 0.1) is 56.7 Å². The van der Waals surface area contributed by atoms with Crippen LogP contribution in [-0.2, 0) is 4.74 Å². The third-order valence-electron chi connectivity index (χ3n) is 14.7. The summed E-state index contributed by atoms with van der Waals surface area (Å²) in [4.78, 5) is 13.1. The van der Waals surface area contributed by atoms with E-state index < -0.39 is 0 Å². The minimum absolute atomic E-state index is 0.00666. The summed E-state index contributed by atoms with van der Waals surface area (Å²) < 4.78 is 6.30. The highest BCUT2D eigenvalue weighted by Crippen LogP contribution is 2.76. The predicted molar refractivity (Wildman–Crippen MR) is 160 cm³/mol. The van der Waals surface area contributed by atoms with E-state index in [4.69, 9.17) is 4.74 Å². The number of ether oxygens (including phenoxy) is 1. The third-order valence-corrected chi connectivity index (χ3v) is 14.7. The van der Waals surface area contributed by atoms with Crippen molar-refractivity contribution in [1.82, 2.24) is 0 Å². The summed E-state index contributed by atoms with van der Waals surface area (Å²) in [7, 11) is 0. The van der Waals surface area contributed by atoms with Crippen molar-refractivity contribution in [2.45, 2.75) is 119 Å². The maximum atomic E-state index is 13.1. The zero-order valence-corrected chi connectivity index (χ0v) is 26.1. The average molecular weight is 531 g/mol. The number of carbonyl (C=O) groups excluding carboxylic acids is 1. The topological polar surface area (TPSA) is 26.3 Å². The summed E-state index contributed by atoms with van der Waals surface area (Å²) in [6.45, 7) is 20.5. The molecule has 0 aromatic heterocycles. The number of hydrogen-bond donors (Lipinski definition) is 0. The van der Waals surface area contributed by atoms with Crippen LogP contribution >= 0.6 is 0 Å². The molecule has 214 valence electrons. The average Bonchev–Trinajstić information content (AvgIpc) is 2.89. The smallest absolute Gasteiger partial charge is 0.338 e. The molecule has 0 bridgehead atoms. The van der Waals surface area contributed by atoms with Gasteiger partial charge in [-0.2, -0.15) is 0 Å². The Hall–Kier alpha value is -1.57. The maximum absolute atomic E-state index is 13.1. The van der Waals surface area contributed by atoms with Crippen molar-refractivity contribution in [3.8, 4) is 0 Å². The first-order valence-corrected chi connectivity index (χ1v) is 16.2. The van der Waals surface area contributed by atoms with E-state index in [0.717, 1.165) is 24.2 Å². The third kappa shape index (κ3) is 3.74. The van der Waals surface area contributed by atoms with Crippen LogP contribution in [-0.4, -0.2) is 12.1 Å². The normalized spacial score (nSPS) is 48.5. The molecule has 10 atom stereocenters. The van der Waals surface area contributed by atoms with Gasteiger partial charge in [0.25, 0.3) is 0 Å². The molecular weight excluding hydrogens is 476 g/mol. The van der Waals surface area contributed by atoms with Crippen molar-refractivity contribution in [1.29, 1.82) is 0 Å². The fraction of sp³-hybridized carbons (Fsp3) is 0.757. The Bertz CT molecular complexity index is 1150. The molecule has 0 N–H and O–H groups in total. The van der Waals surface area contributed by atoms with Crippen LogP contribution in [0.2, 0.25) is 0 Å². The second-order valence-corrected chi connectivity index (χ2v) is 16.4. The van der Waals surface area contributed by atoms with Gasteiger partial charge in [0.1, 0.15) is 6.10 Å². The van der Waals surface area contributed by atoms with Gasteiger partial charge in [-0.05, 0) is 128 Å². The van der Waals surface area contributed by atoms with Gasteiger partial charge in [0.15, 0.2) is 0 Å². The quantitative estimate of drug-likeness (QED) is 0.281. The molecule has 0 saturated heterocycles. The second kappa shape index (κ2) is 8.96. The monoisotopic (exact) mass is 530 g/mol. The Morgan fingerprint density at radius 3 is 2.26 bits per heavy atom. The molecule has 6 rings (SSSR count). The van der Waals surface area contributed by atoms with E-state index in [1.54, 1.807) is 5.57 Å². The van der Waals surface area contributed by atoms with Crippen LogP contribution in [0.15, 0.2) is 42.0 Å². The first-order chi connectivity index (χ1) is 18.3. The molecule has 4 fully saturated rings. The summed E-state index contributed by atoms with van der Waals surface area (Å²) in [6.07, 6.45) is 14.2. The van der Waals surface area contributed by atoms with Gasteiger partial charge in [-0.25, -0.2) is 4.79 Å². The molecule has 0 spiro atoms. The van der Waals surface area contributed by atoms with Gasteiger partial charge in [-0.3, -0.25) is 0 Å². The number of benzene rings is 1. The van der Waals surface area contributed by atoms with Gasteiger partial charge < -0.3 is 4.74 Å². The fourth-order valence-electron chi connectivity index (χ4n) is 12.2. The molecule has 0 heterocycles. The molecule has 0 radical (unpaired) electrons. The maximum Gasteiger partial charge on any atom is 0.338 e. The second-order valence-electron chi connectivity index (χ2n) is 16.4. The summed E-state index contributed by atoms with van der Waals surface area (Å²) in [6, 6.07) is 9.58. The Morgan fingerprint density at radius 1 is 0.821 bits per heavy atom. The lowest BCUT2D eigenvalue weighted by Gasteiger charge is -2.73. The molecule has 2 nitrogen and oxygen atoms in total. The summed E-state index contributed by atoms with van der Waals surface area (Å²) in [5.74, 6) is 3.59. The van der Waals surface area contributed by atoms with E-state index in [0.29, 0.717) is 39.1 Å². The highest BCUT2D eigenvalue weighted by molar-refractivity contribution is 5.89. The van der Waals surface area contributed by atoms with Crippen LogP contribution < -0.4 is 0 Å². The Balaban J connectivity index is 1.28. The van der Waals surface area contributed by atoms with E-state index in [-0.39, 0.29) is 17.5 Å². The van der Waals surface area contributed by atoms with E-state index in [1.807, 2.05) is 30.3 Å². The zero-order chi connectivity index (χ0) is 28.0. The molecule has 0 amide bonds. The van der Waals surface area contributed by atoms with Gasteiger partial charge in [0, 0.05) is 5.41 Å². The minimum atomic E-state index is -0.151. The fourth-order valence-corrected chi connectivity index (χ4v) is 12.2. The molecular formula is C37H54O2. The standard InChI is InChI=1S/C37H54O2/c1-24-16-19-34(5)22-23-36(7)27(31(34)25(24)2)14-15-29-35(6)20-18-30(39-32(38)26-12-10-9-11-13-26)33(3,4)28(35)17-21-37(29,36)8/h9-13,16,25,27-31H,14-15,17-23H2,1-8H3/t25-,27-,28-,29-,30-,31-,34+,35+,36-,37-/m1/s1. The van der Waals surface area contributed by atoms with E-state index in [1.165, 1.54) is 51.4 Å². The van der Waals surface area contributed by atoms with Crippen molar-refractivity contribution in [2.24, 2.45) is 56.7 Å². The van der Waals surface area contributed by atoms with Crippen molar-refractivity contribution in [2.75, 3.05) is 0 Å². The molecule has 4 saturated carbocycles. The van der Waals surface area contributed by atoms with Crippen molar-refractivity contribution < 1.29 is 9.53 Å². The van der Waals surface area contributed by atoms with E-state index in [2.05, 4.69) is 61.5 Å². The number of fused-ring (bicyclic) bond motifs is 7. The molecule has 1 aromatic carbocycles. The van der Waals surface area contributed by atoms with Crippen LogP contribution in [0.5, 0.6) is 0 Å². The minimum Gasteiger partial charge on any atom is -0.458 e. The van der Waals surface area contributed by atoms with Gasteiger partial charge in [0.2, 0.25) is 0 Å². The highest BCUT2D eigenvalue weighted by atomic mass is 16.5. The summed E-state index contributed by atoms with van der Waals surface area (Å²) in [5, 5.41) is 0. The van der Waals surface area contributed by atoms with Crippen LogP contribution in [0.3, 0.4) is 0 Å². The molecule has 1 aromatic rings. The van der Waals surface area contributed by atoms with Crippen LogP contribution in [0.1, 0.15) is 124 Å². The molecule has 0 unspecified atom stereocenters. The Kier molecular flexibility index (Phi) is 6.34. The van der Waals surface area contributed by atoms with E-state index in [9.17, 15) is 4.79 Å². The first kappa shape index (κ1) is 27.6. The number of hydrogen-bond acceptors (Lipinski definition) is 2. The van der Waals surface area contributed by atoms with Gasteiger partial charge in [-0.15, -0.1) is 0 Å². The SMILES string of the molecule is CC1=CC[C@@]2(C)CC[C@]3(C)[C@H](CC[C@@H]4[C@@]5(C)CC[C@@H](OC(=O)c6ccccc6)C(C)(C)[C@H]5CC[C@]43C)[C@H]2[C@@H]1C. The molecule has 5 aliphatic rings. The van der Waals surface area contributed by atoms with Crippen LogP contribution in [0.25, 0.3) is 0 Å². The molecule has 2 heteroatoms. The van der Waals surface area contributed by atoms with Gasteiger partial charge in [0.05, 0.1) is 5.56 Å². The molecule has 5 aliphatic carbocycles. The summed E-state index contributed by atoms with van der Waals surface area (Å²) >= 11 is 0. The number of carbonyl (C=O) groups is 1. The number of rotatable bonds is 2. The number of esters is 1. The zero-order valence-electron chi connectivity index (χ0n) is 26.1. The first-order valence-electron chi connectivity index (χ1n) is 16.2. The van der Waals surface area contributed by atoms with Crippen molar-refractivity contribution in [3.05, 3.63) is 47.5 Å². The lowest BCUT2D eigenvalue weighted by atomic mass is 9.31. The largest absolute Gasteiger partial charge is 0.458 e.